The molecule has 0 aliphatic carbocycles. The highest BCUT2D eigenvalue weighted by Crippen LogP contribution is 2.32. The second-order valence-electron chi connectivity index (χ2n) is 4.33. The van der Waals surface area contributed by atoms with Crippen molar-refractivity contribution in [2.75, 3.05) is 24.3 Å². The maximum absolute atomic E-state index is 12.6. The maximum atomic E-state index is 12.6. The van der Waals surface area contributed by atoms with Crippen molar-refractivity contribution in [3.05, 3.63) is 18.5 Å². The first-order valence-corrected chi connectivity index (χ1v) is 7.16. The summed E-state index contributed by atoms with van der Waals surface area (Å²) in [6.45, 7) is 0.143. The fraction of sp³-hybridized carbons (Fsp3) is 0.455. The molecule has 0 aromatic carbocycles. The number of pyridine rings is 1. The van der Waals surface area contributed by atoms with Gasteiger partial charge in [0.15, 0.2) is 0 Å². The van der Waals surface area contributed by atoms with Gasteiger partial charge in [-0.2, -0.15) is 8.42 Å². The summed E-state index contributed by atoms with van der Waals surface area (Å²) in [5.74, 6) is -0.989. The molecule has 1 saturated heterocycles. The lowest BCUT2D eigenvalue weighted by molar-refractivity contribution is -0.117. The summed E-state index contributed by atoms with van der Waals surface area (Å²) in [5, 5.41) is 0. The number of anilines is 1. The third-order valence-electron chi connectivity index (χ3n) is 2.91. The van der Waals surface area contributed by atoms with Gasteiger partial charge in [0.05, 0.1) is 19.1 Å². The van der Waals surface area contributed by atoms with Crippen molar-refractivity contribution in [2.45, 2.75) is 6.42 Å². The van der Waals surface area contributed by atoms with Crippen LogP contribution in [0.15, 0.2) is 18.5 Å². The quantitative estimate of drug-likeness (QED) is 0.764. The van der Waals surface area contributed by atoms with Crippen molar-refractivity contribution >= 4 is 21.8 Å². The summed E-state index contributed by atoms with van der Waals surface area (Å²) >= 11 is 0. The number of methoxy groups -OCH3 is 1. The Hall–Kier alpha value is -1.70. The van der Waals surface area contributed by atoms with Crippen LogP contribution in [0.25, 0.3) is 0 Å². The summed E-state index contributed by atoms with van der Waals surface area (Å²) in [6.07, 6.45) is 2.98. The highest BCUT2D eigenvalue weighted by Gasteiger charge is 2.34. The van der Waals surface area contributed by atoms with E-state index >= 15 is 0 Å². The third-order valence-corrected chi connectivity index (χ3v) is 3.78. The first-order valence-electron chi connectivity index (χ1n) is 5.61. The molecule has 1 fully saturated rings. The number of hydrogen-bond donors (Lipinski definition) is 0. The largest absolute Gasteiger partial charge is 0.494 e. The van der Waals surface area contributed by atoms with Crippen molar-refractivity contribution in [1.82, 2.24) is 4.98 Å². The molecule has 2 heterocycles. The van der Waals surface area contributed by atoms with Crippen LogP contribution in [0, 0.1) is 5.92 Å². The molecule has 0 spiro atoms. The molecule has 1 aliphatic rings. The summed E-state index contributed by atoms with van der Waals surface area (Å²) in [5.41, 5.74) is 0.466. The molecule has 1 atom stereocenters. The average molecular weight is 288 g/mol. The molecule has 1 aromatic rings. The number of carbonyl (C=O) groups excluding carboxylic acids is 1. The number of ether oxygens (including phenoxy) is 1. The zero-order valence-electron chi connectivity index (χ0n) is 10.2. The van der Waals surface area contributed by atoms with Gasteiger partial charge in [-0.25, -0.2) is 0 Å². The number of hydrogen-bond acceptors (Lipinski definition) is 5. The molecule has 8 heteroatoms. The van der Waals surface area contributed by atoms with E-state index in [2.05, 4.69) is 4.98 Å². The van der Waals surface area contributed by atoms with Gasteiger partial charge in [-0.05, 0) is 0 Å². The van der Waals surface area contributed by atoms with Crippen LogP contribution in [0.5, 0.6) is 5.75 Å². The van der Waals surface area contributed by atoms with Gasteiger partial charge in [-0.3, -0.25) is 9.78 Å². The Balaban J connectivity index is 2.20. The molecular weight excluding hydrogens is 275 g/mol. The van der Waals surface area contributed by atoms with Gasteiger partial charge >= 0.3 is 10.2 Å². The van der Waals surface area contributed by atoms with Crippen LogP contribution >= 0.6 is 0 Å². The second kappa shape index (κ2) is 5.12. The number of halogens is 1. The van der Waals surface area contributed by atoms with Crippen LogP contribution in [0.4, 0.5) is 9.57 Å². The second-order valence-corrected chi connectivity index (χ2v) is 5.74. The smallest absolute Gasteiger partial charge is 0.302 e. The zero-order chi connectivity index (χ0) is 14.0. The minimum atomic E-state index is -4.58. The van der Waals surface area contributed by atoms with E-state index in [0.29, 0.717) is 11.4 Å². The molecule has 6 nitrogen and oxygen atoms in total. The van der Waals surface area contributed by atoms with E-state index in [4.69, 9.17) is 4.74 Å². The SMILES string of the molecule is COc1ccncc1N1CC(CS(=O)(=O)F)CC1=O. The van der Waals surface area contributed by atoms with E-state index in [1.54, 1.807) is 6.07 Å². The molecule has 0 bridgehead atoms. The first-order chi connectivity index (χ1) is 8.90. The summed E-state index contributed by atoms with van der Waals surface area (Å²) < 4.78 is 39.0. The van der Waals surface area contributed by atoms with Crippen molar-refractivity contribution in [1.29, 1.82) is 0 Å². The lowest BCUT2D eigenvalue weighted by Gasteiger charge is -2.18. The number of amides is 1. The van der Waals surface area contributed by atoms with E-state index in [0.717, 1.165) is 0 Å². The summed E-state index contributed by atoms with van der Waals surface area (Å²) in [6, 6.07) is 1.60. The summed E-state index contributed by atoms with van der Waals surface area (Å²) in [4.78, 5) is 17.1. The molecule has 2 rings (SSSR count). The van der Waals surface area contributed by atoms with Gasteiger partial charge < -0.3 is 9.64 Å². The Morgan fingerprint density at radius 1 is 1.58 bits per heavy atom. The van der Waals surface area contributed by atoms with Gasteiger partial charge in [-0.15, -0.1) is 3.89 Å². The van der Waals surface area contributed by atoms with E-state index < -0.39 is 21.9 Å². The normalized spacial score (nSPS) is 19.8. The predicted molar refractivity (Wildman–Crippen MR) is 66.1 cm³/mol. The van der Waals surface area contributed by atoms with Crippen LogP contribution in [-0.4, -0.2) is 38.7 Å². The Morgan fingerprint density at radius 2 is 2.32 bits per heavy atom. The Kier molecular flexibility index (Phi) is 3.70. The fourth-order valence-corrected chi connectivity index (χ4v) is 2.94. The van der Waals surface area contributed by atoms with Crippen molar-refractivity contribution < 1.29 is 21.8 Å². The van der Waals surface area contributed by atoms with Gasteiger partial charge in [0, 0.05) is 31.1 Å². The van der Waals surface area contributed by atoms with Crippen LogP contribution in [0.2, 0.25) is 0 Å². The number of rotatable bonds is 4. The first kappa shape index (κ1) is 13.7. The zero-order valence-corrected chi connectivity index (χ0v) is 11.1. The minimum Gasteiger partial charge on any atom is -0.494 e. The average Bonchev–Trinajstić information content (AvgIpc) is 2.67. The monoisotopic (exact) mass is 288 g/mol. The number of carbonyl (C=O) groups is 1. The van der Waals surface area contributed by atoms with Crippen molar-refractivity contribution in [3.63, 3.8) is 0 Å². The molecular formula is C11H13FN2O4S. The van der Waals surface area contributed by atoms with E-state index in [-0.39, 0.29) is 18.9 Å². The lowest BCUT2D eigenvalue weighted by Crippen LogP contribution is -2.26. The molecule has 0 N–H and O–H groups in total. The van der Waals surface area contributed by atoms with Gasteiger partial charge in [0.25, 0.3) is 0 Å². The Labute approximate surface area is 110 Å². The third kappa shape index (κ3) is 3.19. The fourth-order valence-electron chi connectivity index (χ4n) is 2.16. The van der Waals surface area contributed by atoms with Crippen molar-refractivity contribution in [2.24, 2.45) is 5.92 Å². The van der Waals surface area contributed by atoms with E-state index in [1.807, 2.05) is 0 Å². The molecule has 19 heavy (non-hydrogen) atoms. The Morgan fingerprint density at radius 3 is 2.95 bits per heavy atom. The lowest BCUT2D eigenvalue weighted by atomic mass is 10.1. The highest BCUT2D eigenvalue weighted by molar-refractivity contribution is 7.86. The van der Waals surface area contributed by atoms with Crippen LogP contribution < -0.4 is 9.64 Å². The molecule has 1 aliphatic heterocycles. The highest BCUT2D eigenvalue weighted by atomic mass is 32.3. The van der Waals surface area contributed by atoms with E-state index in [1.165, 1.54) is 24.4 Å². The van der Waals surface area contributed by atoms with Crippen molar-refractivity contribution in [3.8, 4) is 5.75 Å². The summed E-state index contributed by atoms with van der Waals surface area (Å²) in [7, 11) is -3.12. The van der Waals surface area contributed by atoms with Crippen LogP contribution in [-0.2, 0) is 15.0 Å². The topological polar surface area (TPSA) is 76.6 Å². The molecule has 0 radical (unpaired) electrons. The number of aromatic nitrogens is 1. The predicted octanol–water partition coefficient (Wildman–Crippen LogP) is 0.742. The van der Waals surface area contributed by atoms with Gasteiger partial charge in [0.2, 0.25) is 5.91 Å². The Bertz CT molecular complexity index is 590. The van der Waals surface area contributed by atoms with E-state index in [9.17, 15) is 17.1 Å². The minimum absolute atomic E-state index is 0.00119. The molecule has 104 valence electrons. The molecule has 1 unspecified atom stereocenters. The number of nitrogens with zero attached hydrogens (tertiary/aromatic N) is 2. The van der Waals surface area contributed by atoms with Gasteiger partial charge in [0.1, 0.15) is 11.4 Å². The van der Waals surface area contributed by atoms with Crippen LogP contribution in [0.1, 0.15) is 6.42 Å². The molecule has 1 amide bonds. The standard InChI is InChI=1S/C11H13FN2O4S/c1-18-10-2-3-13-5-9(10)14-6-8(4-11(14)15)7-19(12,16)17/h2-3,5,8H,4,6-7H2,1H3. The molecule has 0 saturated carbocycles. The van der Waals surface area contributed by atoms with Gasteiger partial charge in [-0.1, -0.05) is 0 Å². The maximum Gasteiger partial charge on any atom is 0.302 e. The molecule has 1 aromatic heterocycles. The van der Waals surface area contributed by atoms with Crippen LogP contribution in [0.3, 0.4) is 0 Å².